The Morgan fingerprint density at radius 3 is 2.81 bits per heavy atom. The zero-order chi connectivity index (χ0) is 15.2. The second-order valence-electron chi connectivity index (χ2n) is 4.64. The summed E-state index contributed by atoms with van der Waals surface area (Å²) in [7, 11) is 5.17. The third-order valence-electron chi connectivity index (χ3n) is 3.27. The summed E-state index contributed by atoms with van der Waals surface area (Å²) in [6.07, 6.45) is 3.26. The molecule has 2 aromatic rings. The average Bonchev–Trinajstić information content (AvgIpc) is 2.54. The van der Waals surface area contributed by atoms with Gasteiger partial charge in [0.15, 0.2) is 0 Å². The van der Waals surface area contributed by atoms with Gasteiger partial charge in [-0.05, 0) is 12.1 Å². The number of carbonyl (C=O) groups excluding carboxylic acids is 1. The molecule has 0 bridgehead atoms. The molecule has 0 saturated heterocycles. The Balaban J connectivity index is 2.20. The number of carbonyl (C=O) groups is 1. The first-order valence-electron chi connectivity index (χ1n) is 6.66. The van der Waals surface area contributed by atoms with Crippen LogP contribution in [0.5, 0.6) is 5.75 Å². The van der Waals surface area contributed by atoms with Gasteiger partial charge in [-0.2, -0.15) is 0 Å². The summed E-state index contributed by atoms with van der Waals surface area (Å²) in [5.74, 6) is 0.716. The van der Waals surface area contributed by atoms with E-state index < -0.39 is 0 Å². The van der Waals surface area contributed by atoms with E-state index in [0.717, 1.165) is 17.0 Å². The zero-order valence-corrected chi connectivity index (χ0v) is 12.5. The molecule has 5 heteroatoms. The fraction of sp³-hybridized carbons (Fsp3) is 0.250. The van der Waals surface area contributed by atoms with Gasteiger partial charge in [0.2, 0.25) is 0 Å². The lowest BCUT2D eigenvalue weighted by Gasteiger charge is -2.20. The summed E-state index contributed by atoms with van der Waals surface area (Å²) in [5, 5.41) is 2.98. The van der Waals surface area contributed by atoms with Crippen LogP contribution in [0.25, 0.3) is 0 Å². The van der Waals surface area contributed by atoms with Gasteiger partial charge in [-0.3, -0.25) is 9.78 Å². The number of nitrogens with zero attached hydrogens (tertiary/aromatic N) is 2. The number of amides is 1. The van der Waals surface area contributed by atoms with Crippen molar-refractivity contribution in [2.75, 3.05) is 26.5 Å². The van der Waals surface area contributed by atoms with Gasteiger partial charge in [-0.1, -0.05) is 18.2 Å². The van der Waals surface area contributed by atoms with Crippen LogP contribution in [-0.2, 0) is 6.54 Å². The van der Waals surface area contributed by atoms with E-state index in [9.17, 15) is 4.79 Å². The number of aromatic nitrogens is 1. The van der Waals surface area contributed by atoms with Gasteiger partial charge in [-0.15, -0.1) is 0 Å². The lowest BCUT2D eigenvalue weighted by molar-refractivity contribution is 0.0785. The molecule has 0 radical (unpaired) electrons. The summed E-state index contributed by atoms with van der Waals surface area (Å²) in [6, 6.07) is 9.40. The molecular weight excluding hydrogens is 266 g/mol. The number of hydrogen-bond acceptors (Lipinski definition) is 4. The lowest BCUT2D eigenvalue weighted by Crippen LogP contribution is -2.27. The monoisotopic (exact) mass is 285 g/mol. The van der Waals surface area contributed by atoms with E-state index >= 15 is 0 Å². The fourth-order valence-electron chi connectivity index (χ4n) is 2.15. The van der Waals surface area contributed by atoms with Crippen molar-refractivity contribution in [3.63, 3.8) is 0 Å². The van der Waals surface area contributed by atoms with Gasteiger partial charge < -0.3 is 15.0 Å². The molecule has 5 nitrogen and oxygen atoms in total. The number of hydrogen-bond donors (Lipinski definition) is 1. The van der Waals surface area contributed by atoms with Crippen molar-refractivity contribution in [1.29, 1.82) is 0 Å². The minimum atomic E-state index is -0.0624. The lowest BCUT2D eigenvalue weighted by atomic mass is 10.1. The molecule has 0 aliphatic heterocycles. The van der Waals surface area contributed by atoms with E-state index in [2.05, 4.69) is 10.3 Å². The first kappa shape index (κ1) is 14.8. The summed E-state index contributed by atoms with van der Waals surface area (Å²) in [5.41, 5.74) is 2.29. The molecule has 0 saturated carbocycles. The van der Waals surface area contributed by atoms with Crippen LogP contribution in [0.2, 0.25) is 0 Å². The van der Waals surface area contributed by atoms with Crippen LogP contribution < -0.4 is 10.1 Å². The molecule has 1 heterocycles. The fourth-order valence-corrected chi connectivity index (χ4v) is 2.15. The Labute approximate surface area is 124 Å². The smallest absolute Gasteiger partial charge is 0.256 e. The summed E-state index contributed by atoms with van der Waals surface area (Å²) in [4.78, 5) is 18.2. The second-order valence-corrected chi connectivity index (χ2v) is 4.64. The minimum absolute atomic E-state index is 0.0624. The van der Waals surface area contributed by atoms with Crippen LogP contribution in [-0.4, -0.2) is 37.0 Å². The van der Waals surface area contributed by atoms with Gasteiger partial charge in [0.05, 0.1) is 24.6 Å². The SMILES string of the molecule is CNc1cnccc1C(=O)N(C)Cc1ccccc1OC. The number of benzene rings is 1. The van der Waals surface area contributed by atoms with Crippen molar-refractivity contribution < 1.29 is 9.53 Å². The number of methoxy groups -OCH3 is 1. The highest BCUT2D eigenvalue weighted by atomic mass is 16.5. The van der Waals surface area contributed by atoms with Crippen molar-refractivity contribution >= 4 is 11.6 Å². The van der Waals surface area contributed by atoms with Crippen LogP contribution in [0.4, 0.5) is 5.69 Å². The molecule has 110 valence electrons. The van der Waals surface area contributed by atoms with Crippen LogP contribution in [0.15, 0.2) is 42.7 Å². The Morgan fingerprint density at radius 2 is 2.10 bits per heavy atom. The van der Waals surface area contributed by atoms with E-state index in [1.165, 1.54) is 0 Å². The van der Waals surface area contributed by atoms with Crippen molar-refractivity contribution in [3.8, 4) is 5.75 Å². The first-order valence-corrected chi connectivity index (χ1v) is 6.66. The largest absolute Gasteiger partial charge is 0.496 e. The standard InChI is InChI=1S/C16H19N3O2/c1-17-14-10-18-9-8-13(14)16(20)19(2)11-12-6-4-5-7-15(12)21-3/h4-10,17H,11H2,1-3H3. The number of anilines is 1. The van der Waals surface area contributed by atoms with Gasteiger partial charge >= 0.3 is 0 Å². The minimum Gasteiger partial charge on any atom is -0.496 e. The molecule has 0 spiro atoms. The molecule has 0 atom stereocenters. The van der Waals surface area contributed by atoms with E-state index in [0.29, 0.717) is 12.1 Å². The normalized spacial score (nSPS) is 10.0. The Morgan fingerprint density at radius 1 is 1.33 bits per heavy atom. The van der Waals surface area contributed by atoms with Crippen molar-refractivity contribution in [2.24, 2.45) is 0 Å². The van der Waals surface area contributed by atoms with Gasteiger partial charge in [0, 0.05) is 32.4 Å². The zero-order valence-electron chi connectivity index (χ0n) is 12.5. The van der Waals surface area contributed by atoms with E-state index in [1.54, 1.807) is 44.6 Å². The highest BCUT2D eigenvalue weighted by molar-refractivity contribution is 5.99. The molecule has 0 aliphatic rings. The predicted molar refractivity (Wildman–Crippen MR) is 82.6 cm³/mol. The molecule has 1 aromatic heterocycles. The van der Waals surface area contributed by atoms with Crippen LogP contribution in [0, 0.1) is 0 Å². The number of ether oxygens (including phenoxy) is 1. The van der Waals surface area contributed by atoms with Crippen LogP contribution >= 0.6 is 0 Å². The highest BCUT2D eigenvalue weighted by Gasteiger charge is 2.16. The molecule has 21 heavy (non-hydrogen) atoms. The molecule has 0 unspecified atom stereocenters. The maximum Gasteiger partial charge on any atom is 0.256 e. The summed E-state index contributed by atoms with van der Waals surface area (Å²) >= 11 is 0. The Hall–Kier alpha value is -2.56. The van der Waals surface area contributed by atoms with E-state index in [4.69, 9.17) is 4.74 Å². The van der Waals surface area contributed by atoms with Crippen LogP contribution in [0.1, 0.15) is 15.9 Å². The Kier molecular flexibility index (Phi) is 4.77. The average molecular weight is 285 g/mol. The maximum absolute atomic E-state index is 12.5. The van der Waals surface area contributed by atoms with Crippen molar-refractivity contribution in [1.82, 2.24) is 9.88 Å². The molecular formula is C16H19N3O2. The number of nitrogens with one attached hydrogen (secondary N) is 1. The topological polar surface area (TPSA) is 54.5 Å². The van der Waals surface area contributed by atoms with Crippen molar-refractivity contribution in [2.45, 2.75) is 6.54 Å². The summed E-state index contributed by atoms with van der Waals surface area (Å²) < 4.78 is 5.32. The molecule has 2 rings (SSSR count). The third-order valence-corrected chi connectivity index (χ3v) is 3.27. The number of pyridine rings is 1. The summed E-state index contributed by atoms with van der Waals surface area (Å²) in [6.45, 7) is 0.480. The second kappa shape index (κ2) is 6.74. The third kappa shape index (κ3) is 3.31. The van der Waals surface area contributed by atoms with Crippen LogP contribution in [0.3, 0.4) is 0 Å². The molecule has 1 amide bonds. The molecule has 1 N–H and O–H groups in total. The first-order chi connectivity index (χ1) is 10.2. The maximum atomic E-state index is 12.5. The molecule has 1 aromatic carbocycles. The van der Waals surface area contributed by atoms with Crippen molar-refractivity contribution in [3.05, 3.63) is 53.9 Å². The van der Waals surface area contributed by atoms with E-state index in [1.807, 2.05) is 24.3 Å². The molecule has 0 fully saturated rings. The number of para-hydroxylation sites is 1. The molecule has 0 aliphatic carbocycles. The van der Waals surface area contributed by atoms with Gasteiger partial charge in [-0.25, -0.2) is 0 Å². The van der Waals surface area contributed by atoms with Gasteiger partial charge in [0.25, 0.3) is 5.91 Å². The Bertz CT molecular complexity index is 628. The quantitative estimate of drug-likeness (QED) is 0.916. The van der Waals surface area contributed by atoms with Gasteiger partial charge in [0.1, 0.15) is 5.75 Å². The highest BCUT2D eigenvalue weighted by Crippen LogP contribution is 2.21. The van der Waals surface area contributed by atoms with E-state index in [-0.39, 0.29) is 5.91 Å². The number of rotatable bonds is 5. The predicted octanol–water partition coefficient (Wildman–Crippen LogP) is 2.40.